The third kappa shape index (κ3) is 13.3. The van der Waals surface area contributed by atoms with Crippen molar-refractivity contribution in [2.24, 2.45) is 23.2 Å². The van der Waals surface area contributed by atoms with Crippen LogP contribution in [0.2, 0.25) is 0 Å². The van der Waals surface area contributed by atoms with Crippen LogP contribution in [-0.2, 0) is 45.9 Å². The molecule has 5 rings (SSSR count). The van der Waals surface area contributed by atoms with Crippen molar-refractivity contribution in [3.05, 3.63) is 28.8 Å². The summed E-state index contributed by atoms with van der Waals surface area (Å²) < 4.78 is 13.9. The second kappa shape index (κ2) is 20.7. The Hall–Kier alpha value is -2.86. The van der Waals surface area contributed by atoms with Crippen molar-refractivity contribution in [3.63, 3.8) is 0 Å². The van der Waals surface area contributed by atoms with Gasteiger partial charge >= 0.3 is 11.9 Å². The predicted octanol–water partition coefficient (Wildman–Crippen LogP) is 12.6. The maximum atomic E-state index is 16.8. The van der Waals surface area contributed by atoms with Gasteiger partial charge in [0.25, 0.3) is 0 Å². The van der Waals surface area contributed by atoms with Gasteiger partial charge in [0, 0.05) is 89.3 Å². The van der Waals surface area contributed by atoms with E-state index < -0.39 is 46.3 Å². The molecule has 428 valence electrons. The highest BCUT2D eigenvalue weighted by atomic mass is 16.6. The molecule has 0 radical (unpaired) electrons. The highest BCUT2D eigenvalue weighted by molar-refractivity contribution is 6.08. The summed E-state index contributed by atoms with van der Waals surface area (Å²) in [6, 6.07) is 3.86. The topological polar surface area (TPSA) is 120 Å². The molecule has 1 N–H and O–H groups in total. The standard InChI is InChI=1S/C64H110N4O7/c1-54(2,3)47-28-41(29-48(51(47)71)55(4,5)6)36-64(50(70)30-43-34-58(11,12)66(24)59(13,14)35-43,53(73)75-46-39-62(19,20)68(26)63(21,22)40-46)49(52(72)74-45-37-60(15,16)67(25)61(17,18)38-45)31-44(69)27-42-32-56(7,8)65(23)57(9,10)33-42/h28-29,42-43,45-46,49,71H,27,30-40H2,1-26H3. The lowest BCUT2D eigenvalue weighted by Gasteiger charge is -2.54. The molecule has 11 heteroatoms. The first kappa shape index (κ1) is 63.0. The first-order chi connectivity index (χ1) is 33.5. The SMILES string of the molecule is CN1C(C)(C)CC(CC(=O)CC(C(=O)OC2CC(C)(C)N(C)C(C)(C)C2)C(Cc2cc(C(C)(C)C)c(O)c(C(C)(C)C)c2)(C(=O)CC2CC(C)(C)N(C)C(C)(C)C2)C(=O)OC2CC(C)(C)N(C)C(C)(C)C2)CC1(C)C. The minimum Gasteiger partial charge on any atom is -0.507 e. The first-order valence-electron chi connectivity index (χ1n) is 28.8. The van der Waals surface area contributed by atoms with Gasteiger partial charge in [-0.05, 0) is 210 Å². The number of benzene rings is 1. The normalized spacial score (nSPS) is 26.0. The van der Waals surface area contributed by atoms with Crippen LogP contribution in [-0.4, -0.2) is 133 Å². The molecule has 0 saturated carbocycles. The summed E-state index contributed by atoms with van der Waals surface area (Å²) in [5.74, 6) is -3.47. The van der Waals surface area contributed by atoms with Crippen LogP contribution in [0.25, 0.3) is 0 Å². The van der Waals surface area contributed by atoms with Gasteiger partial charge in [-0.2, -0.15) is 0 Å². The number of phenolic OH excluding ortho intramolecular Hbond substituents is 1. The Morgan fingerprint density at radius 3 is 1.16 bits per heavy atom. The Bertz CT molecular complexity index is 2120. The number of aromatic hydroxyl groups is 1. The Balaban J connectivity index is 1.85. The Kier molecular flexibility index (Phi) is 17.4. The number of Topliss-reactive ketones (excluding diaryl/α,β-unsaturated/α-hetero) is 2. The van der Waals surface area contributed by atoms with E-state index >= 15 is 19.2 Å². The van der Waals surface area contributed by atoms with Crippen molar-refractivity contribution in [2.75, 3.05) is 28.2 Å². The quantitative estimate of drug-likeness (QED) is 0.142. The molecule has 0 amide bonds. The van der Waals surface area contributed by atoms with Crippen LogP contribution < -0.4 is 0 Å². The van der Waals surface area contributed by atoms with E-state index in [1.54, 1.807) is 0 Å². The molecule has 4 heterocycles. The zero-order valence-electron chi connectivity index (χ0n) is 52.7. The number of likely N-dealkylation sites (tertiary alicyclic amines) is 4. The van der Waals surface area contributed by atoms with Gasteiger partial charge in [0.15, 0.2) is 5.78 Å². The van der Waals surface area contributed by atoms with E-state index in [4.69, 9.17) is 9.47 Å². The Morgan fingerprint density at radius 2 is 0.827 bits per heavy atom. The molecule has 4 aliphatic rings. The summed E-state index contributed by atoms with van der Waals surface area (Å²) >= 11 is 0. The van der Waals surface area contributed by atoms with Crippen molar-refractivity contribution in [1.82, 2.24) is 19.6 Å². The molecule has 75 heavy (non-hydrogen) atoms. The fourth-order valence-corrected chi connectivity index (χ4v) is 15.2. The zero-order valence-corrected chi connectivity index (χ0v) is 52.7. The lowest BCUT2D eigenvalue weighted by molar-refractivity contribution is -0.188. The number of hydrogen-bond acceptors (Lipinski definition) is 11. The van der Waals surface area contributed by atoms with E-state index in [0.29, 0.717) is 55.2 Å². The second-order valence-corrected chi connectivity index (χ2v) is 32.0. The number of ether oxygens (including phenoxy) is 2. The van der Waals surface area contributed by atoms with Gasteiger partial charge in [0.05, 0.1) is 5.92 Å². The lowest BCUT2D eigenvalue weighted by atomic mass is 9.62. The summed E-state index contributed by atoms with van der Waals surface area (Å²) in [4.78, 5) is 74.7. The fraction of sp³-hybridized carbons (Fsp3) is 0.844. The number of nitrogens with zero attached hydrogens (tertiary/aromatic N) is 4. The Labute approximate surface area is 457 Å². The molecular formula is C64H110N4O7. The molecule has 0 aromatic heterocycles. The van der Waals surface area contributed by atoms with Gasteiger partial charge in [-0.1, -0.05) is 53.7 Å². The van der Waals surface area contributed by atoms with Crippen molar-refractivity contribution < 1.29 is 33.8 Å². The van der Waals surface area contributed by atoms with E-state index in [9.17, 15) is 5.11 Å². The largest absolute Gasteiger partial charge is 0.507 e. The van der Waals surface area contributed by atoms with Gasteiger partial charge < -0.3 is 14.6 Å². The minimum atomic E-state index is -2.19. The van der Waals surface area contributed by atoms with Gasteiger partial charge in [-0.15, -0.1) is 0 Å². The molecule has 4 saturated heterocycles. The van der Waals surface area contributed by atoms with Gasteiger partial charge in [0.1, 0.15) is 29.2 Å². The minimum absolute atomic E-state index is 0.0103. The van der Waals surface area contributed by atoms with E-state index in [2.05, 4.69) is 159 Å². The highest BCUT2D eigenvalue weighted by Crippen LogP contribution is 2.50. The van der Waals surface area contributed by atoms with Crippen LogP contribution in [0.1, 0.15) is 240 Å². The van der Waals surface area contributed by atoms with E-state index in [1.165, 1.54) is 0 Å². The van der Waals surface area contributed by atoms with Crippen molar-refractivity contribution in [3.8, 4) is 5.75 Å². The molecular weight excluding hydrogens is 937 g/mol. The summed E-state index contributed by atoms with van der Waals surface area (Å²) in [7, 11) is 8.51. The maximum Gasteiger partial charge on any atom is 0.321 e. The second-order valence-electron chi connectivity index (χ2n) is 32.0. The van der Waals surface area contributed by atoms with Gasteiger partial charge in [-0.25, -0.2) is 0 Å². The van der Waals surface area contributed by atoms with Crippen LogP contribution in [0.5, 0.6) is 5.75 Å². The van der Waals surface area contributed by atoms with Crippen LogP contribution in [0.15, 0.2) is 12.1 Å². The van der Waals surface area contributed by atoms with Crippen molar-refractivity contribution >= 4 is 23.5 Å². The number of phenols is 1. The molecule has 4 fully saturated rings. The average Bonchev–Trinajstić information content (AvgIpc) is 3.20. The molecule has 11 nitrogen and oxygen atoms in total. The monoisotopic (exact) mass is 1050 g/mol. The number of carbonyl (C=O) groups is 4. The number of hydrogen-bond donors (Lipinski definition) is 1. The number of ketones is 2. The zero-order chi connectivity index (χ0) is 57.6. The average molecular weight is 1050 g/mol. The van der Waals surface area contributed by atoms with Crippen molar-refractivity contribution in [2.45, 2.75) is 297 Å². The molecule has 2 atom stereocenters. The van der Waals surface area contributed by atoms with Gasteiger partial charge in [-0.3, -0.25) is 38.8 Å². The van der Waals surface area contributed by atoms with Crippen LogP contribution in [0.3, 0.4) is 0 Å². The number of piperidine rings is 4. The predicted molar refractivity (Wildman–Crippen MR) is 306 cm³/mol. The summed E-state index contributed by atoms with van der Waals surface area (Å²) in [6.45, 7) is 47.3. The molecule has 0 aliphatic carbocycles. The Morgan fingerprint density at radius 1 is 0.520 bits per heavy atom. The number of esters is 2. The van der Waals surface area contributed by atoms with Gasteiger partial charge in [0.2, 0.25) is 0 Å². The molecule has 1 aromatic carbocycles. The molecule has 2 unspecified atom stereocenters. The molecule has 1 aromatic rings. The van der Waals surface area contributed by atoms with Crippen LogP contribution in [0, 0.1) is 23.2 Å². The molecule has 0 spiro atoms. The summed E-state index contributed by atoms with van der Waals surface area (Å²) in [6.07, 6.45) is 3.56. The highest BCUT2D eigenvalue weighted by Gasteiger charge is 2.60. The van der Waals surface area contributed by atoms with Crippen LogP contribution >= 0.6 is 0 Å². The number of rotatable bonds is 14. The third-order valence-electron chi connectivity index (χ3n) is 20.3. The molecule has 0 bridgehead atoms. The van der Waals surface area contributed by atoms with Crippen LogP contribution in [0.4, 0.5) is 0 Å². The first-order valence-corrected chi connectivity index (χ1v) is 28.8. The fourth-order valence-electron chi connectivity index (χ4n) is 15.2. The third-order valence-corrected chi connectivity index (χ3v) is 20.3. The van der Waals surface area contributed by atoms with E-state index in [0.717, 1.165) is 12.8 Å². The lowest BCUT2D eigenvalue weighted by Crippen LogP contribution is -2.62. The maximum absolute atomic E-state index is 16.8. The van der Waals surface area contributed by atoms with E-state index in [1.807, 2.05) is 53.7 Å². The number of carbonyl (C=O) groups excluding carboxylic acids is 4. The molecule has 4 aliphatic heterocycles. The summed E-state index contributed by atoms with van der Waals surface area (Å²) in [5.41, 5.74) is -3.67. The van der Waals surface area contributed by atoms with E-state index in [-0.39, 0.29) is 99.1 Å². The van der Waals surface area contributed by atoms with Crippen molar-refractivity contribution in [1.29, 1.82) is 0 Å². The smallest absolute Gasteiger partial charge is 0.321 e. The summed E-state index contributed by atoms with van der Waals surface area (Å²) in [5, 5.41) is 12.1.